The highest BCUT2D eigenvalue weighted by atomic mass is 35.5. The second-order valence-corrected chi connectivity index (χ2v) is 6.38. The first-order valence-corrected chi connectivity index (χ1v) is 8.20. The molecule has 5 nitrogen and oxygen atoms in total. The van der Waals surface area contributed by atoms with Crippen molar-refractivity contribution in [1.29, 1.82) is 0 Å². The van der Waals surface area contributed by atoms with Crippen LogP contribution in [0.4, 0.5) is 20.6 Å². The van der Waals surface area contributed by atoms with Crippen molar-refractivity contribution in [3.63, 3.8) is 0 Å². The van der Waals surface area contributed by atoms with E-state index in [1.165, 1.54) is 17.0 Å². The molecular formula is C18H17ClFN3O2. The van der Waals surface area contributed by atoms with E-state index in [-0.39, 0.29) is 24.2 Å². The van der Waals surface area contributed by atoms with Crippen LogP contribution in [0.2, 0.25) is 5.02 Å². The number of carbonyl (C=O) groups is 2. The molecule has 0 aromatic heterocycles. The summed E-state index contributed by atoms with van der Waals surface area (Å²) in [7, 11) is 0. The number of benzene rings is 2. The summed E-state index contributed by atoms with van der Waals surface area (Å²) < 4.78 is 13.0. The topological polar surface area (TPSA) is 61.4 Å². The lowest BCUT2D eigenvalue weighted by molar-refractivity contribution is -0.117. The zero-order valence-corrected chi connectivity index (χ0v) is 14.3. The van der Waals surface area contributed by atoms with Gasteiger partial charge < -0.3 is 15.5 Å². The van der Waals surface area contributed by atoms with Gasteiger partial charge in [0, 0.05) is 29.4 Å². The van der Waals surface area contributed by atoms with Crippen molar-refractivity contribution in [3.05, 3.63) is 58.9 Å². The van der Waals surface area contributed by atoms with E-state index in [0.717, 1.165) is 5.56 Å². The molecular weight excluding hydrogens is 345 g/mol. The zero-order chi connectivity index (χ0) is 18.0. The van der Waals surface area contributed by atoms with Gasteiger partial charge in [-0.25, -0.2) is 9.18 Å². The van der Waals surface area contributed by atoms with Crippen LogP contribution in [0.1, 0.15) is 12.0 Å². The summed E-state index contributed by atoms with van der Waals surface area (Å²) in [4.78, 5) is 25.9. The molecule has 25 heavy (non-hydrogen) atoms. The largest absolute Gasteiger partial charge is 0.333 e. The molecule has 0 spiro atoms. The molecule has 1 aliphatic rings. The van der Waals surface area contributed by atoms with Gasteiger partial charge >= 0.3 is 6.03 Å². The molecule has 7 heteroatoms. The fourth-order valence-corrected chi connectivity index (χ4v) is 2.92. The summed E-state index contributed by atoms with van der Waals surface area (Å²) in [6.07, 6.45) is 0.194. The Hall–Kier alpha value is -2.60. The summed E-state index contributed by atoms with van der Waals surface area (Å²) in [5.74, 6) is -0.475. The van der Waals surface area contributed by atoms with Crippen LogP contribution < -0.4 is 15.5 Å². The Morgan fingerprint density at radius 1 is 1.24 bits per heavy atom. The smallest absolute Gasteiger partial charge is 0.319 e. The van der Waals surface area contributed by atoms with Crippen LogP contribution in [0.3, 0.4) is 0 Å². The Kier molecular flexibility index (Phi) is 4.90. The van der Waals surface area contributed by atoms with E-state index in [1.807, 2.05) is 13.0 Å². The van der Waals surface area contributed by atoms with Crippen LogP contribution in [0.25, 0.3) is 0 Å². The summed E-state index contributed by atoms with van der Waals surface area (Å²) in [5.41, 5.74) is 2.11. The van der Waals surface area contributed by atoms with E-state index in [2.05, 4.69) is 10.6 Å². The Morgan fingerprint density at radius 2 is 1.96 bits per heavy atom. The lowest BCUT2D eigenvalue weighted by Crippen LogP contribution is -2.39. The number of anilines is 2. The Labute approximate surface area is 149 Å². The fraction of sp³-hybridized carbons (Fsp3) is 0.222. The number of hydrogen-bond donors (Lipinski definition) is 2. The predicted molar refractivity (Wildman–Crippen MR) is 95.5 cm³/mol. The first-order valence-electron chi connectivity index (χ1n) is 7.82. The number of rotatable bonds is 3. The molecule has 0 aliphatic carbocycles. The van der Waals surface area contributed by atoms with Gasteiger partial charge in [0.1, 0.15) is 5.82 Å². The van der Waals surface area contributed by atoms with Crippen molar-refractivity contribution in [2.45, 2.75) is 19.4 Å². The minimum atomic E-state index is -0.399. The summed E-state index contributed by atoms with van der Waals surface area (Å²) in [6.45, 7) is 2.20. The third-order valence-electron chi connectivity index (χ3n) is 4.05. The van der Waals surface area contributed by atoms with E-state index in [9.17, 15) is 14.0 Å². The van der Waals surface area contributed by atoms with Crippen LogP contribution in [0.5, 0.6) is 0 Å². The Morgan fingerprint density at radius 3 is 2.68 bits per heavy atom. The zero-order valence-electron chi connectivity index (χ0n) is 13.6. The molecule has 1 aliphatic heterocycles. The molecule has 2 aromatic rings. The lowest BCUT2D eigenvalue weighted by atomic mass is 10.2. The number of amides is 3. The molecule has 2 N–H and O–H groups in total. The van der Waals surface area contributed by atoms with Gasteiger partial charge in [0.15, 0.2) is 0 Å². The summed E-state index contributed by atoms with van der Waals surface area (Å²) in [6, 6.07) is 10.2. The maximum atomic E-state index is 13.0. The van der Waals surface area contributed by atoms with E-state index >= 15 is 0 Å². The number of aryl methyl sites for hydroxylation is 1. The van der Waals surface area contributed by atoms with Gasteiger partial charge in [0.2, 0.25) is 5.91 Å². The highest BCUT2D eigenvalue weighted by Crippen LogP contribution is 2.23. The minimum absolute atomic E-state index is 0.115. The van der Waals surface area contributed by atoms with E-state index in [4.69, 9.17) is 11.6 Å². The number of hydrogen-bond acceptors (Lipinski definition) is 2. The standard InChI is InChI=1S/C18H17ClFN3O2/c1-11-2-3-12(19)8-16(11)22-18(25)21-14-9-17(24)23(10-14)15-6-4-13(20)5-7-15/h2-8,14H,9-10H2,1H3,(H2,21,22,25)/t14-/m0/s1. The molecule has 1 atom stereocenters. The normalized spacial score (nSPS) is 16.8. The van der Waals surface area contributed by atoms with Crippen molar-refractivity contribution in [3.8, 4) is 0 Å². The molecule has 0 radical (unpaired) electrons. The first kappa shape index (κ1) is 17.2. The van der Waals surface area contributed by atoms with Gasteiger partial charge in [0.25, 0.3) is 0 Å². The van der Waals surface area contributed by atoms with Gasteiger partial charge in [-0.05, 0) is 48.9 Å². The predicted octanol–water partition coefficient (Wildman–Crippen LogP) is 3.71. The van der Waals surface area contributed by atoms with Crippen molar-refractivity contribution in [1.82, 2.24) is 5.32 Å². The number of halogens is 2. The molecule has 130 valence electrons. The molecule has 1 saturated heterocycles. The van der Waals surface area contributed by atoms with E-state index < -0.39 is 6.03 Å². The van der Waals surface area contributed by atoms with Crippen molar-refractivity contribution < 1.29 is 14.0 Å². The van der Waals surface area contributed by atoms with E-state index in [1.54, 1.807) is 24.3 Å². The van der Waals surface area contributed by atoms with Crippen molar-refractivity contribution in [2.24, 2.45) is 0 Å². The van der Waals surface area contributed by atoms with Gasteiger partial charge in [-0.1, -0.05) is 17.7 Å². The highest BCUT2D eigenvalue weighted by molar-refractivity contribution is 6.31. The monoisotopic (exact) mass is 361 g/mol. The molecule has 0 saturated carbocycles. The number of carbonyl (C=O) groups excluding carboxylic acids is 2. The van der Waals surface area contributed by atoms with Crippen LogP contribution >= 0.6 is 11.6 Å². The Bertz CT molecular complexity index is 810. The van der Waals surface area contributed by atoms with Gasteiger partial charge in [-0.15, -0.1) is 0 Å². The van der Waals surface area contributed by atoms with Gasteiger partial charge in [-0.3, -0.25) is 4.79 Å². The van der Waals surface area contributed by atoms with Gasteiger partial charge in [-0.2, -0.15) is 0 Å². The SMILES string of the molecule is Cc1ccc(Cl)cc1NC(=O)N[C@H]1CC(=O)N(c2ccc(F)cc2)C1. The maximum Gasteiger partial charge on any atom is 0.319 e. The maximum absolute atomic E-state index is 13.0. The van der Waals surface area contributed by atoms with Crippen molar-refractivity contribution >= 4 is 34.9 Å². The number of nitrogens with one attached hydrogen (secondary N) is 2. The fourth-order valence-electron chi connectivity index (χ4n) is 2.75. The van der Waals surface area contributed by atoms with Crippen LogP contribution in [0, 0.1) is 12.7 Å². The molecule has 0 unspecified atom stereocenters. The molecule has 1 fully saturated rings. The molecule has 2 aromatic carbocycles. The van der Waals surface area contributed by atoms with Crippen LogP contribution in [0.15, 0.2) is 42.5 Å². The quantitative estimate of drug-likeness (QED) is 0.875. The third kappa shape index (κ3) is 4.09. The number of urea groups is 1. The highest BCUT2D eigenvalue weighted by Gasteiger charge is 2.31. The molecule has 3 rings (SSSR count). The minimum Gasteiger partial charge on any atom is -0.333 e. The second-order valence-electron chi connectivity index (χ2n) is 5.94. The summed E-state index contributed by atoms with van der Waals surface area (Å²) >= 11 is 5.94. The average Bonchev–Trinajstić information content (AvgIpc) is 2.92. The second kappa shape index (κ2) is 7.11. The summed E-state index contributed by atoms with van der Waals surface area (Å²) in [5, 5.41) is 6.05. The molecule has 3 amide bonds. The van der Waals surface area contributed by atoms with E-state index in [0.29, 0.717) is 22.9 Å². The van der Waals surface area contributed by atoms with Crippen LogP contribution in [-0.4, -0.2) is 24.5 Å². The lowest BCUT2D eigenvalue weighted by Gasteiger charge is -2.17. The molecule has 0 bridgehead atoms. The first-order chi connectivity index (χ1) is 11.9. The van der Waals surface area contributed by atoms with Crippen LogP contribution in [-0.2, 0) is 4.79 Å². The third-order valence-corrected chi connectivity index (χ3v) is 4.28. The number of nitrogens with zero attached hydrogens (tertiary/aromatic N) is 1. The van der Waals surface area contributed by atoms with Crippen molar-refractivity contribution in [2.75, 3.05) is 16.8 Å². The Balaban J connectivity index is 1.62. The molecule has 1 heterocycles. The average molecular weight is 362 g/mol. The van der Waals surface area contributed by atoms with Gasteiger partial charge in [0.05, 0.1) is 6.04 Å².